The number of benzene rings is 1. The van der Waals surface area contributed by atoms with Crippen molar-refractivity contribution in [3.05, 3.63) is 35.6 Å². The van der Waals surface area contributed by atoms with Gasteiger partial charge in [0.15, 0.2) is 0 Å². The second-order valence-corrected chi connectivity index (χ2v) is 6.86. The molecule has 3 rings (SSSR count). The van der Waals surface area contributed by atoms with E-state index in [2.05, 4.69) is 5.32 Å². The molecule has 1 spiro atoms. The first-order valence-electron chi connectivity index (χ1n) is 8.20. The molecule has 4 amide bonds. The van der Waals surface area contributed by atoms with Gasteiger partial charge < -0.3 is 11.1 Å². The largest absolute Gasteiger partial charge is 0.368 e. The van der Waals surface area contributed by atoms with Crippen molar-refractivity contribution in [1.82, 2.24) is 15.1 Å². The zero-order chi connectivity index (χ0) is 18.4. The van der Waals surface area contributed by atoms with Crippen molar-refractivity contribution in [3.63, 3.8) is 0 Å². The van der Waals surface area contributed by atoms with Gasteiger partial charge in [0.1, 0.15) is 17.4 Å². The molecule has 0 aliphatic carbocycles. The molecule has 2 fully saturated rings. The van der Waals surface area contributed by atoms with Gasteiger partial charge in [0.25, 0.3) is 5.91 Å². The number of primary amides is 1. The lowest BCUT2D eigenvalue weighted by atomic mass is 9.98. The van der Waals surface area contributed by atoms with Gasteiger partial charge in [0.2, 0.25) is 5.91 Å². The number of hydrogen-bond donors (Lipinski definition) is 2. The van der Waals surface area contributed by atoms with Crippen LogP contribution in [0, 0.1) is 5.82 Å². The van der Waals surface area contributed by atoms with Gasteiger partial charge in [-0.15, -0.1) is 0 Å². The summed E-state index contributed by atoms with van der Waals surface area (Å²) in [5.74, 6) is -1.27. The van der Waals surface area contributed by atoms with Gasteiger partial charge in [-0.2, -0.15) is 0 Å². The Morgan fingerprint density at radius 3 is 2.44 bits per heavy atom. The average molecular weight is 348 g/mol. The number of hydrogen-bond acceptors (Lipinski definition) is 4. The molecule has 3 N–H and O–H groups in total. The number of imide groups is 1. The van der Waals surface area contributed by atoms with E-state index in [1.807, 2.05) is 0 Å². The third-order valence-electron chi connectivity index (χ3n) is 4.83. The molecule has 0 radical (unpaired) electrons. The lowest BCUT2D eigenvalue weighted by Gasteiger charge is -2.27. The summed E-state index contributed by atoms with van der Waals surface area (Å²) in [5.41, 5.74) is 5.08. The first-order valence-corrected chi connectivity index (χ1v) is 8.20. The first-order chi connectivity index (χ1) is 11.7. The minimum Gasteiger partial charge on any atom is -0.368 e. The summed E-state index contributed by atoms with van der Waals surface area (Å²) in [6, 6.07) is 4.10. The van der Waals surface area contributed by atoms with Crippen molar-refractivity contribution in [1.29, 1.82) is 0 Å². The average Bonchev–Trinajstić information content (AvgIpc) is 3.03. The van der Waals surface area contributed by atoms with Crippen LogP contribution in [0.25, 0.3) is 0 Å². The highest BCUT2D eigenvalue weighted by Gasteiger charge is 2.56. The lowest BCUT2D eigenvalue weighted by molar-refractivity contribution is -0.132. The van der Waals surface area contributed by atoms with E-state index in [1.165, 1.54) is 29.2 Å². The van der Waals surface area contributed by atoms with Gasteiger partial charge in [0, 0.05) is 19.1 Å². The highest BCUT2D eigenvalue weighted by atomic mass is 19.1. The third kappa shape index (κ3) is 2.86. The Kier molecular flexibility index (Phi) is 4.24. The molecule has 0 saturated carbocycles. The molecule has 2 saturated heterocycles. The van der Waals surface area contributed by atoms with Gasteiger partial charge in [-0.05, 0) is 38.0 Å². The van der Waals surface area contributed by atoms with E-state index in [1.54, 1.807) is 18.7 Å². The van der Waals surface area contributed by atoms with E-state index < -0.39 is 29.3 Å². The fourth-order valence-corrected chi connectivity index (χ4v) is 3.65. The maximum Gasteiger partial charge on any atom is 0.325 e. The summed E-state index contributed by atoms with van der Waals surface area (Å²) in [7, 11) is 0. The molecule has 0 bridgehead atoms. The number of carbonyl (C=O) groups excluding carboxylic acids is 3. The summed E-state index contributed by atoms with van der Waals surface area (Å²) in [6.07, 6.45) is 0.395. The zero-order valence-electron chi connectivity index (χ0n) is 14.2. The van der Waals surface area contributed by atoms with Crippen molar-refractivity contribution in [2.45, 2.75) is 37.9 Å². The van der Waals surface area contributed by atoms with Gasteiger partial charge in [-0.1, -0.05) is 12.1 Å². The Morgan fingerprint density at radius 2 is 1.92 bits per heavy atom. The number of halogens is 1. The second kappa shape index (κ2) is 6.11. The Balaban J connectivity index is 1.86. The van der Waals surface area contributed by atoms with Crippen LogP contribution in [-0.2, 0) is 9.59 Å². The van der Waals surface area contributed by atoms with Crippen LogP contribution in [0.5, 0.6) is 0 Å². The minimum absolute atomic E-state index is 0.186. The number of nitrogens with zero attached hydrogens (tertiary/aromatic N) is 2. The summed E-state index contributed by atoms with van der Waals surface area (Å²) < 4.78 is 13.2. The standard InChI is InChI=1S/C17H21FN4O3/c1-10(2)22-15(24)17(20-16(22)25)7-8-21(9-17)13(14(19)23)11-3-5-12(18)6-4-11/h3-6,10,13H,7-9H2,1-2H3,(H2,19,23)(H,20,25)/t13-,17+/m0/s1. The fourth-order valence-electron chi connectivity index (χ4n) is 3.65. The van der Waals surface area contributed by atoms with Crippen molar-refractivity contribution in [2.24, 2.45) is 5.73 Å². The second-order valence-electron chi connectivity index (χ2n) is 6.86. The maximum absolute atomic E-state index is 13.2. The Labute approximate surface area is 144 Å². The monoisotopic (exact) mass is 348 g/mol. The first kappa shape index (κ1) is 17.3. The number of nitrogens with two attached hydrogens (primary N) is 1. The summed E-state index contributed by atoms with van der Waals surface area (Å²) in [6.45, 7) is 4.15. The number of carbonyl (C=O) groups is 3. The number of amides is 4. The van der Waals surface area contributed by atoms with Crippen molar-refractivity contribution < 1.29 is 18.8 Å². The predicted octanol–water partition coefficient (Wildman–Crippen LogP) is 0.757. The summed E-state index contributed by atoms with van der Waals surface area (Å²) in [5, 5.41) is 2.78. The maximum atomic E-state index is 13.2. The van der Waals surface area contributed by atoms with Gasteiger partial charge in [-0.25, -0.2) is 9.18 Å². The highest BCUT2D eigenvalue weighted by molar-refractivity contribution is 6.07. The van der Waals surface area contributed by atoms with Crippen LogP contribution in [-0.4, -0.2) is 52.3 Å². The Morgan fingerprint density at radius 1 is 1.28 bits per heavy atom. The molecule has 1 aromatic carbocycles. The van der Waals surface area contributed by atoms with E-state index in [0.717, 1.165) is 0 Å². The quantitative estimate of drug-likeness (QED) is 0.785. The molecule has 2 atom stereocenters. The van der Waals surface area contributed by atoms with E-state index in [0.29, 0.717) is 18.5 Å². The third-order valence-corrected chi connectivity index (χ3v) is 4.83. The molecule has 25 heavy (non-hydrogen) atoms. The molecule has 1 aromatic rings. The van der Waals surface area contributed by atoms with Crippen molar-refractivity contribution in [3.8, 4) is 0 Å². The van der Waals surface area contributed by atoms with Crippen LogP contribution in [0.15, 0.2) is 24.3 Å². The molecular weight excluding hydrogens is 327 g/mol. The molecule has 2 aliphatic heterocycles. The molecule has 7 nitrogen and oxygen atoms in total. The molecule has 0 unspecified atom stereocenters. The van der Waals surface area contributed by atoms with Crippen molar-refractivity contribution >= 4 is 17.8 Å². The fraction of sp³-hybridized carbons (Fsp3) is 0.471. The molecule has 8 heteroatoms. The number of likely N-dealkylation sites (tertiary alicyclic amines) is 1. The van der Waals surface area contributed by atoms with E-state index in [-0.39, 0.29) is 18.5 Å². The van der Waals surface area contributed by atoms with Gasteiger partial charge in [-0.3, -0.25) is 19.4 Å². The summed E-state index contributed by atoms with van der Waals surface area (Å²) in [4.78, 5) is 39.9. The molecule has 2 heterocycles. The minimum atomic E-state index is -1.03. The van der Waals surface area contributed by atoms with Crippen LogP contribution < -0.4 is 11.1 Å². The van der Waals surface area contributed by atoms with Crippen LogP contribution >= 0.6 is 0 Å². The zero-order valence-corrected chi connectivity index (χ0v) is 14.2. The number of rotatable bonds is 4. The van der Waals surface area contributed by atoms with Crippen LogP contribution in [0.2, 0.25) is 0 Å². The highest BCUT2D eigenvalue weighted by Crippen LogP contribution is 2.34. The summed E-state index contributed by atoms with van der Waals surface area (Å²) >= 11 is 0. The Bertz CT molecular complexity index is 721. The van der Waals surface area contributed by atoms with Crippen molar-refractivity contribution in [2.75, 3.05) is 13.1 Å². The van der Waals surface area contributed by atoms with E-state index in [4.69, 9.17) is 5.73 Å². The molecule has 2 aliphatic rings. The number of nitrogens with one attached hydrogen (secondary N) is 1. The molecular formula is C17H21FN4O3. The van der Waals surface area contributed by atoms with Gasteiger partial charge in [0.05, 0.1) is 0 Å². The smallest absolute Gasteiger partial charge is 0.325 e. The van der Waals surface area contributed by atoms with Crippen LogP contribution in [0.1, 0.15) is 31.9 Å². The van der Waals surface area contributed by atoms with Crippen LogP contribution in [0.3, 0.4) is 0 Å². The normalized spacial score (nSPS) is 25.0. The number of urea groups is 1. The lowest BCUT2D eigenvalue weighted by Crippen LogP contribution is -2.50. The molecule has 134 valence electrons. The predicted molar refractivity (Wildman–Crippen MR) is 87.8 cm³/mol. The molecule has 0 aromatic heterocycles. The van der Waals surface area contributed by atoms with Gasteiger partial charge >= 0.3 is 6.03 Å². The Hall–Kier alpha value is -2.48. The van der Waals surface area contributed by atoms with E-state index >= 15 is 0 Å². The van der Waals surface area contributed by atoms with Crippen LogP contribution in [0.4, 0.5) is 9.18 Å². The topological polar surface area (TPSA) is 95.7 Å². The van der Waals surface area contributed by atoms with E-state index in [9.17, 15) is 18.8 Å². The SMILES string of the molecule is CC(C)N1C(=O)N[C@@]2(CCN([C@H](C(N)=O)c3ccc(F)cc3)C2)C1=O.